The van der Waals surface area contributed by atoms with Gasteiger partial charge in [-0.2, -0.15) is 0 Å². The van der Waals surface area contributed by atoms with E-state index in [0.717, 1.165) is 16.7 Å². The van der Waals surface area contributed by atoms with Crippen molar-refractivity contribution in [2.24, 2.45) is 5.41 Å². The van der Waals surface area contributed by atoms with Crippen LogP contribution in [0.2, 0.25) is 0 Å². The molecule has 1 fully saturated rings. The topological polar surface area (TPSA) is 30.2 Å². The Labute approximate surface area is 103 Å². The maximum Gasteiger partial charge on any atom is 0.337 e. The van der Waals surface area contributed by atoms with Gasteiger partial charge in [-0.05, 0) is 24.2 Å². The van der Waals surface area contributed by atoms with Crippen molar-refractivity contribution in [3.8, 4) is 0 Å². The summed E-state index contributed by atoms with van der Waals surface area (Å²) < 4.78 is 6.42. The lowest BCUT2D eigenvalue weighted by Gasteiger charge is -2.33. The van der Waals surface area contributed by atoms with E-state index < -0.39 is 0 Å². The molecule has 1 aromatic heterocycles. The Morgan fingerprint density at radius 3 is 2.81 bits per heavy atom. The van der Waals surface area contributed by atoms with E-state index in [1.165, 1.54) is 12.0 Å². The van der Waals surface area contributed by atoms with E-state index in [1.54, 1.807) is 6.07 Å². The second-order valence-corrected chi connectivity index (χ2v) is 6.66. The summed E-state index contributed by atoms with van der Waals surface area (Å²) in [5.74, 6) is 1.44. The molecule has 0 aliphatic heterocycles. The van der Waals surface area contributed by atoms with Crippen LogP contribution in [0.25, 0.3) is 0 Å². The summed E-state index contributed by atoms with van der Waals surface area (Å²) in [6, 6.07) is 1.55. The minimum Gasteiger partial charge on any atom is -0.427 e. The number of fused-ring (bicyclic) bond motifs is 5. The van der Waals surface area contributed by atoms with Crippen LogP contribution in [0.4, 0.5) is 0 Å². The van der Waals surface area contributed by atoms with Crippen LogP contribution in [0.3, 0.4) is 0 Å². The van der Waals surface area contributed by atoms with Gasteiger partial charge < -0.3 is 4.42 Å². The highest BCUT2D eigenvalue weighted by atomic mass is 79.9. The standard InChI is InChI=1S/C13H15BrO2/c1-12(2)7-4-5-13(12,3)11-10(7)8(14)6-9(15)16-11/h6-7H,4-5H2,1-3H3/t7-,13+/m0/s1. The van der Waals surface area contributed by atoms with Gasteiger partial charge in [0, 0.05) is 21.5 Å². The predicted molar refractivity (Wildman–Crippen MR) is 65.8 cm³/mol. The van der Waals surface area contributed by atoms with Crippen LogP contribution in [-0.4, -0.2) is 0 Å². The van der Waals surface area contributed by atoms with E-state index in [1.807, 2.05) is 0 Å². The molecule has 1 aromatic rings. The molecular formula is C13H15BrO2. The first-order valence-electron chi connectivity index (χ1n) is 5.72. The van der Waals surface area contributed by atoms with Crippen LogP contribution in [0.15, 0.2) is 19.8 Å². The summed E-state index contributed by atoms with van der Waals surface area (Å²) in [6.45, 7) is 6.81. The van der Waals surface area contributed by atoms with Gasteiger partial charge in [0.2, 0.25) is 0 Å². The van der Waals surface area contributed by atoms with Gasteiger partial charge in [-0.1, -0.05) is 36.7 Å². The molecule has 2 aliphatic carbocycles. The van der Waals surface area contributed by atoms with Crippen LogP contribution in [0.5, 0.6) is 0 Å². The van der Waals surface area contributed by atoms with Crippen LogP contribution in [0.1, 0.15) is 50.9 Å². The SMILES string of the molecule is CC1(C)[C@H]2CC[C@]1(C)c1oc(=O)cc(Br)c12. The average Bonchev–Trinajstić information content (AvgIpc) is 2.48. The number of hydrogen-bond donors (Lipinski definition) is 0. The fourth-order valence-electron chi connectivity index (χ4n) is 3.62. The highest BCUT2D eigenvalue weighted by Crippen LogP contribution is 2.68. The van der Waals surface area contributed by atoms with E-state index in [0.29, 0.717) is 5.92 Å². The second-order valence-electron chi connectivity index (χ2n) is 5.80. The van der Waals surface area contributed by atoms with Crippen molar-refractivity contribution < 1.29 is 4.42 Å². The number of halogens is 1. The second kappa shape index (κ2) is 2.81. The first kappa shape index (κ1) is 10.6. The van der Waals surface area contributed by atoms with E-state index in [9.17, 15) is 4.79 Å². The summed E-state index contributed by atoms with van der Waals surface area (Å²) in [5, 5.41) is 0. The van der Waals surface area contributed by atoms with Crippen molar-refractivity contribution in [1.82, 2.24) is 0 Å². The molecule has 16 heavy (non-hydrogen) atoms. The molecule has 3 rings (SSSR count). The van der Waals surface area contributed by atoms with Gasteiger partial charge in [-0.3, -0.25) is 0 Å². The first-order chi connectivity index (χ1) is 7.38. The van der Waals surface area contributed by atoms with Crippen molar-refractivity contribution in [3.05, 3.63) is 32.3 Å². The zero-order valence-corrected chi connectivity index (χ0v) is 11.3. The Kier molecular flexibility index (Phi) is 1.86. The van der Waals surface area contributed by atoms with Crippen LogP contribution in [0, 0.1) is 5.41 Å². The van der Waals surface area contributed by atoms with Gasteiger partial charge >= 0.3 is 5.63 Å². The molecule has 1 saturated carbocycles. The molecule has 0 unspecified atom stereocenters. The maximum atomic E-state index is 11.5. The Hall–Kier alpha value is -0.570. The summed E-state index contributed by atoms with van der Waals surface area (Å²) in [5.41, 5.74) is 1.21. The number of rotatable bonds is 0. The molecule has 2 nitrogen and oxygen atoms in total. The maximum absolute atomic E-state index is 11.5. The predicted octanol–water partition coefficient (Wildman–Crippen LogP) is 3.58. The molecule has 3 heteroatoms. The summed E-state index contributed by atoms with van der Waals surface area (Å²) in [6.07, 6.45) is 2.32. The van der Waals surface area contributed by atoms with Gasteiger partial charge in [-0.15, -0.1) is 0 Å². The molecule has 0 radical (unpaired) electrons. The fourth-order valence-corrected chi connectivity index (χ4v) is 4.26. The van der Waals surface area contributed by atoms with Crippen LogP contribution < -0.4 is 5.63 Å². The minimum absolute atomic E-state index is 0.0237. The quantitative estimate of drug-likeness (QED) is 0.728. The van der Waals surface area contributed by atoms with Crippen molar-refractivity contribution in [2.75, 3.05) is 0 Å². The highest BCUT2D eigenvalue weighted by molar-refractivity contribution is 9.10. The third kappa shape index (κ3) is 0.963. The zero-order valence-electron chi connectivity index (χ0n) is 9.76. The smallest absolute Gasteiger partial charge is 0.337 e. The van der Waals surface area contributed by atoms with Gasteiger partial charge in [0.25, 0.3) is 0 Å². The molecule has 2 atom stereocenters. The third-order valence-electron chi connectivity index (χ3n) is 5.03. The van der Waals surface area contributed by atoms with Crippen molar-refractivity contribution in [1.29, 1.82) is 0 Å². The largest absolute Gasteiger partial charge is 0.427 e. The van der Waals surface area contributed by atoms with Gasteiger partial charge in [-0.25, -0.2) is 4.79 Å². The zero-order chi connectivity index (χ0) is 11.7. The Balaban J connectivity index is 2.38. The summed E-state index contributed by atoms with van der Waals surface area (Å²) in [7, 11) is 0. The van der Waals surface area contributed by atoms with E-state index in [2.05, 4.69) is 36.7 Å². The molecule has 86 valence electrons. The van der Waals surface area contributed by atoms with Crippen molar-refractivity contribution >= 4 is 15.9 Å². The fraction of sp³-hybridized carbons (Fsp3) is 0.615. The lowest BCUT2D eigenvalue weighted by molar-refractivity contribution is 0.201. The first-order valence-corrected chi connectivity index (χ1v) is 6.51. The average molecular weight is 283 g/mol. The molecular weight excluding hydrogens is 268 g/mol. The van der Waals surface area contributed by atoms with Crippen LogP contribution in [-0.2, 0) is 5.41 Å². The van der Waals surface area contributed by atoms with E-state index >= 15 is 0 Å². The Bertz CT molecular complexity index is 529. The summed E-state index contributed by atoms with van der Waals surface area (Å²) >= 11 is 3.52. The van der Waals surface area contributed by atoms with Gasteiger partial charge in [0.1, 0.15) is 5.76 Å². The third-order valence-corrected chi connectivity index (χ3v) is 5.68. The lowest BCUT2D eigenvalue weighted by atomic mass is 9.70. The summed E-state index contributed by atoms with van der Waals surface area (Å²) in [4.78, 5) is 11.5. The molecule has 2 bridgehead atoms. The number of hydrogen-bond acceptors (Lipinski definition) is 2. The molecule has 1 heterocycles. The molecule has 0 N–H and O–H groups in total. The van der Waals surface area contributed by atoms with Gasteiger partial charge in [0.05, 0.1) is 0 Å². The molecule has 2 aliphatic rings. The molecule has 0 spiro atoms. The van der Waals surface area contributed by atoms with Crippen LogP contribution >= 0.6 is 15.9 Å². The monoisotopic (exact) mass is 282 g/mol. The lowest BCUT2D eigenvalue weighted by Crippen LogP contribution is -2.31. The Morgan fingerprint density at radius 2 is 2.12 bits per heavy atom. The van der Waals surface area contributed by atoms with E-state index in [4.69, 9.17) is 4.42 Å². The van der Waals surface area contributed by atoms with E-state index in [-0.39, 0.29) is 16.5 Å². The Morgan fingerprint density at radius 1 is 1.44 bits per heavy atom. The molecule has 0 aromatic carbocycles. The minimum atomic E-state index is -0.241. The highest BCUT2D eigenvalue weighted by Gasteiger charge is 2.62. The van der Waals surface area contributed by atoms with Crippen molar-refractivity contribution in [2.45, 2.75) is 44.9 Å². The van der Waals surface area contributed by atoms with Gasteiger partial charge in [0.15, 0.2) is 0 Å². The molecule has 0 saturated heterocycles. The molecule has 0 amide bonds. The normalized spacial score (nSPS) is 34.1. The van der Waals surface area contributed by atoms with Crippen molar-refractivity contribution in [3.63, 3.8) is 0 Å².